The summed E-state index contributed by atoms with van der Waals surface area (Å²) in [6.07, 6.45) is -5.13. The Hall–Kier alpha value is -1.47. The second kappa shape index (κ2) is 7.19. The third-order valence-electron chi connectivity index (χ3n) is 3.82. The van der Waals surface area contributed by atoms with Crippen LogP contribution in [-0.2, 0) is 0 Å². The van der Waals surface area contributed by atoms with Crippen LogP contribution in [0.1, 0.15) is 18.0 Å². The summed E-state index contributed by atoms with van der Waals surface area (Å²) in [5, 5.41) is 3.16. The van der Waals surface area contributed by atoms with Gasteiger partial charge in [0.25, 0.3) is 0 Å². The van der Waals surface area contributed by atoms with E-state index in [9.17, 15) is 13.2 Å². The lowest BCUT2D eigenvalue weighted by Gasteiger charge is -2.36. The summed E-state index contributed by atoms with van der Waals surface area (Å²) in [7, 11) is 2.97. The van der Waals surface area contributed by atoms with Gasteiger partial charge in [-0.2, -0.15) is 13.2 Å². The van der Waals surface area contributed by atoms with Gasteiger partial charge in [0.2, 0.25) is 0 Å². The summed E-state index contributed by atoms with van der Waals surface area (Å²) in [4.78, 5) is 1.86. The Morgan fingerprint density at radius 2 is 1.86 bits per heavy atom. The van der Waals surface area contributed by atoms with E-state index in [4.69, 9.17) is 9.47 Å². The predicted octanol–water partition coefficient (Wildman–Crippen LogP) is 2.60. The molecule has 1 aromatic carbocycles. The van der Waals surface area contributed by atoms with E-state index in [0.29, 0.717) is 43.2 Å². The van der Waals surface area contributed by atoms with Crippen molar-refractivity contribution >= 4 is 0 Å². The summed E-state index contributed by atoms with van der Waals surface area (Å²) >= 11 is 0. The molecule has 7 heteroatoms. The number of methoxy groups -OCH3 is 2. The van der Waals surface area contributed by atoms with Gasteiger partial charge >= 0.3 is 6.18 Å². The zero-order valence-electron chi connectivity index (χ0n) is 12.7. The lowest BCUT2D eigenvalue weighted by molar-refractivity contribution is -0.148. The van der Waals surface area contributed by atoms with Gasteiger partial charge in [-0.1, -0.05) is 6.07 Å². The van der Waals surface area contributed by atoms with Crippen LogP contribution in [0.15, 0.2) is 18.2 Å². The van der Waals surface area contributed by atoms with Crippen molar-refractivity contribution in [2.24, 2.45) is 0 Å². The first kappa shape index (κ1) is 16.9. The van der Waals surface area contributed by atoms with Crippen molar-refractivity contribution < 1.29 is 22.6 Å². The van der Waals surface area contributed by atoms with Gasteiger partial charge in [0.15, 0.2) is 0 Å². The fraction of sp³-hybridized carbons (Fsp3) is 0.600. The van der Waals surface area contributed by atoms with Gasteiger partial charge in [-0.25, -0.2) is 0 Å². The highest BCUT2D eigenvalue weighted by atomic mass is 19.4. The number of hydrogen-bond donors (Lipinski definition) is 1. The van der Waals surface area contributed by atoms with E-state index in [1.807, 2.05) is 4.90 Å². The van der Waals surface area contributed by atoms with Gasteiger partial charge in [0.1, 0.15) is 11.5 Å². The van der Waals surface area contributed by atoms with Crippen molar-refractivity contribution in [1.82, 2.24) is 10.2 Å². The van der Waals surface area contributed by atoms with E-state index in [2.05, 4.69) is 5.32 Å². The number of benzene rings is 1. The molecule has 0 radical (unpaired) electrons. The van der Waals surface area contributed by atoms with E-state index in [0.717, 1.165) is 0 Å². The van der Waals surface area contributed by atoms with Crippen LogP contribution in [0.5, 0.6) is 11.5 Å². The molecule has 0 spiro atoms. The fourth-order valence-corrected chi connectivity index (χ4v) is 2.74. The highest BCUT2D eigenvalue weighted by Gasteiger charge is 2.37. The Bertz CT molecular complexity index is 488. The number of nitrogens with zero attached hydrogens (tertiary/aromatic N) is 1. The molecule has 22 heavy (non-hydrogen) atoms. The molecule has 0 bridgehead atoms. The zero-order valence-corrected chi connectivity index (χ0v) is 12.7. The van der Waals surface area contributed by atoms with Crippen LogP contribution in [0, 0.1) is 0 Å². The Morgan fingerprint density at radius 3 is 2.41 bits per heavy atom. The lowest BCUT2D eigenvalue weighted by atomic mass is 9.99. The van der Waals surface area contributed by atoms with Crippen LogP contribution in [0.25, 0.3) is 0 Å². The normalized spacial score (nSPS) is 18.0. The molecule has 2 rings (SSSR count). The standard InChI is InChI=1S/C15H21F3N2O2/c1-21-11-3-4-12(14(9-11)22-2)13(10-15(16,17)18)20-7-5-19-6-8-20/h3-4,9,13,19H,5-8,10H2,1-2H3/t13-/m0/s1. The maximum absolute atomic E-state index is 13.0. The number of rotatable bonds is 5. The van der Waals surface area contributed by atoms with Crippen LogP contribution in [0.2, 0.25) is 0 Å². The summed E-state index contributed by atoms with van der Waals surface area (Å²) in [6, 6.07) is 4.21. The van der Waals surface area contributed by atoms with Crippen LogP contribution in [0.3, 0.4) is 0 Å². The number of ether oxygens (including phenoxy) is 2. The van der Waals surface area contributed by atoms with Crippen molar-refractivity contribution in [3.63, 3.8) is 0 Å². The maximum atomic E-state index is 13.0. The minimum atomic E-state index is -4.24. The van der Waals surface area contributed by atoms with Crippen molar-refractivity contribution in [2.75, 3.05) is 40.4 Å². The Kier molecular flexibility index (Phi) is 5.52. The number of hydrogen-bond acceptors (Lipinski definition) is 4. The average molecular weight is 318 g/mol. The first-order valence-corrected chi connectivity index (χ1v) is 7.18. The second-order valence-electron chi connectivity index (χ2n) is 5.23. The first-order chi connectivity index (χ1) is 10.4. The van der Waals surface area contributed by atoms with Gasteiger partial charge < -0.3 is 14.8 Å². The van der Waals surface area contributed by atoms with Gasteiger partial charge in [-0.15, -0.1) is 0 Å². The minimum Gasteiger partial charge on any atom is -0.497 e. The fourth-order valence-electron chi connectivity index (χ4n) is 2.74. The molecule has 1 aromatic rings. The maximum Gasteiger partial charge on any atom is 0.390 e. The third-order valence-corrected chi connectivity index (χ3v) is 3.82. The molecule has 0 aliphatic carbocycles. The molecule has 0 aromatic heterocycles. The van der Waals surface area contributed by atoms with Crippen LogP contribution < -0.4 is 14.8 Å². The van der Waals surface area contributed by atoms with Crippen molar-refractivity contribution in [1.29, 1.82) is 0 Å². The number of alkyl halides is 3. The summed E-state index contributed by atoms with van der Waals surface area (Å²) < 4.78 is 49.5. The monoisotopic (exact) mass is 318 g/mol. The highest BCUT2D eigenvalue weighted by molar-refractivity contribution is 5.42. The van der Waals surface area contributed by atoms with E-state index >= 15 is 0 Å². The molecule has 1 atom stereocenters. The molecule has 0 unspecified atom stereocenters. The van der Waals surface area contributed by atoms with E-state index in [1.165, 1.54) is 14.2 Å². The predicted molar refractivity (Wildman–Crippen MR) is 77.4 cm³/mol. The molecule has 0 amide bonds. The molecule has 1 fully saturated rings. The van der Waals surface area contributed by atoms with Crippen LogP contribution >= 0.6 is 0 Å². The van der Waals surface area contributed by atoms with Gasteiger partial charge in [-0.3, -0.25) is 4.90 Å². The quantitative estimate of drug-likeness (QED) is 0.905. The third kappa shape index (κ3) is 4.27. The topological polar surface area (TPSA) is 33.7 Å². The molecule has 124 valence electrons. The van der Waals surface area contributed by atoms with Crippen molar-refractivity contribution in [3.05, 3.63) is 23.8 Å². The van der Waals surface area contributed by atoms with Crippen molar-refractivity contribution in [2.45, 2.75) is 18.6 Å². The van der Waals surface area contributed by atoms with E-state index < -0.39 is 18.6 Å². The molecule has 1 heterocycles. The van der Waals surface area contributed by atoms with Crippen molar-refractivity contribution in [3.8, 4) is 11.5 Å². The number of nitrogens with one attached hydrogen (secondary N) is 1. The summed E-state index contributed by atoms with van der Waals surface area (Å²) in [5.41, 5.74) is 0.544. The SMILES string of the molecule is COc1ccc([C@H](CC(F)(F)F)N2CCNCC2)c(OC)c1. The molecule has 1 aliphatic rings. The molecule has 1 N–H and O–H groups in total. The largest absolute Gasteiger partial charge is 0.497 e. The van der Waals surface area contributed by atoms with Crippen LogP contribution in [0.4, 0.5) is 13.2 Å². The molecule has 4 nitrogen and oxygen atoms in total. The highest BCUT2D eigenvalue weighted by Crippen LogP contribution is 2.39. The lowest BCUT2D eigenvalue weighted by Crippen LogP contribution is -2.46. The van der Waals surface area contributed by atoms with Crippen LogP contribution in [-0.4, -0.2) is 51.5 Å². The molecular weight excluding hydrogens is 297 g/mol. The number of halogens is 3. The van der Waals surface area contributed by atoms with E-state index in [1.54, 1.807) is 18.2 Å². The Morgan fingerprint density at radius 1 is 1.18 bits per heavy atom. The molecular formula is C15H21F3N2O2. The second-order valence-corrected chi connectivity index (χ2v) is 5.23. The van der Waals surface area contributed by atoms with Gasteiger partial charge in [0.05, 0.1) is 20.6 Å². The molecule has 1 saturated heterocycles. The summed E-state index contributed by atoms with van der Waals surface area (Å²) in [5.74, 6) is 0.985. The first-order valence-electron chi connectivity index (χ1n) is 7.18. The Labute approximate surface area is 128 Å². The van der Waals surface area contributed by atoms with Gasteiger partial charge in [-0.05, 0) is 6.07 Å². The zero-order chi connectivity index (χ0) is 16.2. The molecule has 0 saturated carbocycles. The number of piperazine rings is 1. The Balaban J connectivity index is 2.34. The smallest absolute Gasteiger partial charge is 0.390 e. The molecule has 1 aliphatic heterocycles. The minimum absolute atomic E-state index is 0.423. The summed E-state index contributed by atoms with van der Waals surface area (Å²) in [6.45, 7) is 2.53. The van der Waals surface area contributed by atoms with Gasteiger partial charge in [0, 0.05) is 43.9 Å². The average Bonchev–Trinajstić information content (AvgIpc) is 2.52. The van der Waals surface area contributed by atoms with E-state index in [-0.39, 0.29) is 0 Å².